The van der Waals surface area contributed by atoms with Crippen molar-refractivity contribution in [2.45, 2.75) is 13.0 Å². The molecule has 2 rings (SSSR count). The predicted octanol–water partition coefficient (Wildman–Crippen LogP) is 4.98. The van der Waals surface area contributed by atoms with Crippen LogP contribution in [0.4, 0.5) is 5.69 Å². The van der Waals surface area contributed by atoms with Crippen LogP contribution in [0.3, 0.4) is 0 Å². The Morgan fingerprint density at radius 2 is 1.94 bits per heavy atom. The van der Waals surface area contributed by atoms with E-state index in [-0.39, 0.29) is 11.8 Å². The molecule has 0 heterocycles. The summed E-state index contributed by atoms with van der Waals surface area (Å²) in [6.45, 7) is 1.98. The Hall–Kier alpha value is -1.19. The van der Waals surface area contributed by atoms with Gasteiger partial charge in [-0.25, -0.2) is 0 Å². The minimum Gasteiger partial charge on any atom is -0.508 e. The minimum absolute atomic E-state index is 0.0394. The highest BCUT2D eigenvalue weighted by atomic mass is 79.9. The fraction of sp³-hybridized carbons (Fsp3) is 0.143. The summed E-state index contributed by atoms with van der Waals surface area (Å²) in [5.41, 5.74) is 1.75. The van der Waals surface area contributed by atoms with Crippen molar-refractivity contribution < 1.29 is 5.11 Å². The number of hydrogen-bond acceptors (Lipinski definition) is 2. The lowest BCUT2D eigenvalue weighted by molar-refractivity contribution is 0.465. The van der Waals surface area contributed by atoms with Gasteiger partial charge < -0.3 is 10.4 Å². The summed E-state index contributed by atoms with van der Waals surface area (Å²) in [6, 6.07) is 12.9. The number of para-hydroxylation sites is 1. The molecule has 2 aromatic rings. The number of anilines is 1. The fourth-order valence-corrected chi connectivity index (χ4v) is 2.34. The van der Waals surface area contributed by atoms with Crippen LogP contribution in [0.5, 0.6) is 5.75 Å². The highest BCUT2D eigenvalue weighted by Crippen LogP contribution is 2.31. The van der Waals surface area contributed by atoms with Crippen molar-refractivity contribution >= 4 is 33.2 Å². The Kier molecular flexibility index (Phi) is 4.15. The zero-order valence-corrected chi connectivity index (χ0v) is 12.2. The highest BCUT2D eigenvalue weighted by Gasteiger charge is 2.11. The summed E-state index contributed by atoms with van der Waals surface area (Å²) in [6.07, 6.45) is 0. The number of nitrogens with one attached hydrogen (secondary N) is 1. The number of benzene rings is 2. The molecule has 0 saturated heterocycles. The largest absolute Gasteiger partial charge is 0.508 e. The lowest BCUT2D eigenvalue weighted by Gasteiger charge is -2.18. The monoisotopic (exact) mass is 325 g/mol. The van der Waals surface area contributed by atoms with Crippen molar-refractivity contribution in [2.24, 2.45) is 0 Å². The van der Waals surface area contributed by atoms with Crippen molar-refractivity contribution in [1.82, 2.24) is 0 Å². The molecule has 0 aromatic heterocycles. The molecule has 2 N–H and O–H groups in total. The van der Waals surface area contributed by atoms with Gasteiger partial charge in [0.15, 0.2) is 0 Å². The van der Waals surface area contributed by atoms with Gasteiger partial charge in [0.05, 0.1) is 6.04 Å². The van der Waals surface area contributed by atoms with Crippen LogP contribution in [0.25, 0.3) is 0 Å². The van der Waals surface area contributed by atoms with Crippen LogP contribution in [-0.4, -0.2) is 5.11 Å². The average molecular weight is 327 g/mol. The van der Waals surface area contributed by atoms with Crippen molar-refractivity contribution in [3.63, 3.8) is 0 Å². The first-order valence-corrected chi connectivity index (χ1v) is 6.74. The van der Waals surface area contributed by atoms with Crippen LogP contribution in [0.2, 0.25) is 5.02 Å². The van der Waals surface area contributed by atoms with Gasteiger partial charge in [0.25, 0.3) is 0 Å². The molecule has 2 aromatic carbocycles. The van der Waals surface area contributed by atoms with Gasteiger partial charge >= 0.3 is 0 Å². The molecule has 0 aliphatic heterocycles. The molecular formula is C14H13BrClNO. The van der Waals surface area contributed by atoms with Crippen molar-refractivity contribution in [3.05, 3.63) is 57.5 Å². The molecular weight excluding hydrogens is 314 g/mol. The van der Waals surface area contributed by atoms with Crippen molar-refractivity contribution in [3.8, 4) is 5.75 Å². The quantitative estimate of drug-likeness (QED) is 0.833. The summed E-state index contributed by atoms with van der Waals surface area (Å²) >= 11 is 9.43. The van der Waals surface area contributed by atoms with E-state index in [1.807, 2.05) is 31.2 Å². The second kappa shape index (κ2) is 5.63. The van der Waals surface area contributed by atoms with E-state index >= 15 is 0 Å². The first kappa shape index (κ1) is 13.2. The fourth-order valence-electron chi connectivity index (χ4n) is 1.76. The van der Waals surface area contributed by atoms with E-state index in [9.17, 15) is 5.11 Å². The van der Waals surface area contributed by atoms with Gasteiger partial charge in [0.2, 0.25) is 0 Å². The molecule has 94 valence electrons. The summed E-state index contributed by atoms with van der Waals surface area (Å²) in [4.78, 5) is 0. The molecule has 0 saturated carbocycles. The zero-order chi connectivity index (χ0) is 13.1. The molecule has 0 aliphatic carbocycles. The number of phenols is 1. The average Bonchev–Trinajstić information content (AvgIpc) is 2.35. The number of hydrogen-bond donors (Lipinski definition) is 2. The van der Waals surface area contributed by atoms with Crippen LogP contribution >= 0.6 is 27.5 Å². The Morgan fingerprint density at radius 1 is 1.22 bits per heavy atom. The van der Waals surface area contributed by atoms with E-state index in [1.54, 1.807) is 18.2 Å². The van der Waals surface area contributed by atoms with E-state index in [2.05, 4.69) is 21.2 Å². The summed E-state index contributed by atoms with van der Waals surface area (Å²) in [7, 11) is 0. The van der Waals surface area contributed by atoms with Crippen LogP contribution in [0.1, 0.15) is 18.5 Å². The number of halogens is 2. The second-order valence-electron chi connectivity index (χ2n) is 4.05. The maximum absolute atomic E-state index is 9.84. The third-order valence-electron chi connectivity index (χ3n) is 2.70. The van der Waals surface area contributed by atoms with Gasteiger partial charge in [-0.05, 0) is 53.2 Å². The van der Waals surface area contributed by atoms with Crippen LogP contribution in [-0.2, 0) is 0 Å². The van der Waals surface area contributed by atoms with Crippen LogP contribution in [0.15, 0.2) is 46.9 Å². The molecule has 0 amide bonds. The van der Waals surface area contributed by atoms with E-state index in [0.29, 0.717) is 5.02 Å². The molecule has 0 aliphatic rings. The zero-order valence-electron chi connectivity index (χ0n) is 9.82. The van der Waals surface area contributed by atoms with Gasteiger partial charge in [-0.1, -0.05) is 23.7 Å². The summed E-state index contributed by atoms with van der Waals surface area (Å²) < 4.78 is 0.985. The molecule has 0 spiro atoms. The van der Waals surface area contributed by atoms with Gasteiger partial charge in [-0.3, -0.25) is 0 Å². The third kappa shape index (κ3) is 2.98. The smallest absolute Gasteiger partial charge is 0.120 e. The van der Waals surface area contributed by atoms with Gasteiger partial charge in [0.1, 0.15) is 5.75 Å². The topological polar surface area (TPSA) is 32.3 Å². The Morgan fingerprint density at radius 3 is 2.67 bits per heavy atom. The van der Waals surface area contributed by atoms with E-state index in [1.165, 1.54) is 0 Å². The van der Waals surface area contributed by atoms with Crippen LogP contribution < -0.4 is 5.32 Å². The van der Waals surface area contributed by atoms with Gasteiger partial charge in [-0.2, -0.15) is 0 Å². The summed E-state index contributed by atoms with van der Waals surface area (Å²) in [5, 5.41) is 13.8. The number of aromatic hydroxyl groups is 1. The number of phenolic OH excluding ortho intramolecular Hbond substituents is 1. The highest BCUT2D eigenvalue weighted by molar-refractivity contribution is 9.10. The SMILES string of the molecule is CC(Nc1ccccc1Br)c1cc(Cl)ccc1O. The molecule has 18 heavy (non-hydrogen) atoms. The minimum atomic E-state index is -0.0394. The molecule has 0 fully saturated rings. The molecule has 1 atom stereocenters. The van der Waals surface area contributed by atoms with Gasteiger partial charge in [-0.15, -0.1) is 0 Å². The second-order valence-corrected chi connectivity index (χ2v) is 5.34. The first-order valence-electron chi connectivity index (χ1n) is 5.57. The van der Waals surface area contributed by atoms with Crippen molar-refractivity contribution in [2.75, 3.05) is 5.32 Å². The lowest BCUT2D eigenvalue weighted by atomic mass is 10.1. The Labute approximate surface area is 120 Å². The molecule has 0 radical (unpaired) electrons. The molecule has 4 heteroatoms. The summed E-state index contributed by atoms with van der Waals surface area (Å²) in [5.74, 6) is 0.242. The lowest BCUT2D eigenvalue weighted by Crippen LogP contribution is -2.07. The molecule has 1 unspecified atom stereocenters. The maximum atomic E-state index is 9.84. The number of rotatable bonds is 3. The van der Waals surface area contributed by atoms with E-state index in [4.69, 9.17) is 11.6 Å². The Balaban J connectivity index is 2.25. The molecule has 2 nitrogen and oxygen atoms in total. The standard InChI is InChI=1S/C14H13BrClNO/c1-9(11-8-10(16)6-7-14(11)18)17-13-5-3-2-4-12(13)15/h2-9,17-18H,1H3. The van der Waals surface area contributed by atoms with E-state index in [0.717, 1.165) is 15.7 Å². The Bertz CT molecular complexity index is 559. The third-order valence-corrected chi connectivity index (χ3v) is 3.63. The van der Waals surface area contributed by atoms with E-state index < -0.39 is 0 Å². The van der Waals surface area contributed by atoms with Crippen molar-refractivity contribution in [1.29, 1.82) is 0 Å². The normalized spacial score (nSPS) is 12.2. The maximum Gasteiger partial charge on any atom is 0.120 e. The van der Waals surface area contributed by atoms with Gasteiger partial charge in [0, 0.05) is 20.7 Å². The first-order chi connectivity index (χ1) is 8.58. The van der Waals surface area contributed by atoms with Crippen LogP contribution in [0, 0.1) is 0 Å². The molecule has 0 bridgehead atoms. The predicted molar refractivity (Wildman–Crippen MR) is 79.3 cm³/mol.